The molecule has 0 saturated carbocycles. The summed E-state index contributed by atoms with van der Waals surface area (Å²) in [6.07, 6.45) is 1.72. The van der Waals surface area contributed by atoms with Crippen LogP contribution < -0.4 is 10.1 Å². The number of aryl methyl sites for hydroxylation is 1. The number of hydrogen-bond donors (Lipinski definition) is 2. The maximum Gasteiger partial charge on any atom is 0.120 e. The molecule has 1 aliphatic carbocycles. The quantitative estimate of drug-likeness (QED) is 0.665. The van der Waals surface area contributed by atoms with E-state index in [-0.39, 0.29) is 0 Å². The van der Waals surface area contributed by atoms with E-state index in [0.29, 0.717) is 19.7 Å². The normalized spacial score (nSPS) is 18.3. The smallest absolute Gasteiger partial charge is 0.120 e. The van der Waals surface area contributed by atoms with Crippen molar-refractivity contribution in [1.29, 1.82) is 0 Å². The minimum Gasteiger partial charge on any atom is -0.489 e. The second kappa shape index (κ2) is 7.95. The van der Waals surface area contributed by atoms with Crippen LogP contribution in [0.1, 0.15) is 28.7 Å². The Balaban J connectivity index is 1.33. The van der Waals surface area contributed by atoms with E-state index >= 15 is 0 Å². The molecule has 0 amide bonds. The molecule has 0 spiro atoms. The molecule has 3 aromatic rings. The molecule has 0 aliphatic heterocycles. The third kappa shape index (κ3) is 4.21. The Kier molecular flexibility index (Phi) is 5.23. The molecule has 0 fully saturated rings. The van der Waals surface area contributed by atoms with Gasteiger partial charge in [0.1, 0.15) is 18.0 Å². The lowest BCUT2D eigenvalue weighted by molar-refractivity contribution is 0.0384. The Morgan fingerprint density at radius 1 is 0.889 bits per heavy atom. The van der Waals surface area contributed by atoms with Crippen LogP contribution >= 0.6 is 0 Å². The fourth-order valence-electron chi connectivity index (χ4n) is 3.75. The van der Waals surface area contributed by atoms with Gasteiger partial charge >= 0.3 is 0 Å². The first-order valence-electron chi connectivity index (χ1n) is 9.50. The number of nitrogens with one attached hydrogen (secondary N) is 1. The second-order valence-corrected chi connectivity index (χ2v) is 7.21. The first-order valence-corrected chi connectivity index (χ1v) is 9.50. The van der Waals surface area contributed by atoms with Crippen molar-refractivity contribution >= 4 is 0 Å². The molecule has 1 aliphatic rings. The van der Waals surface area contributed by atoms with Crippen LogP contribution in [0.3, 0.4) is 0 Å². The molecule has 27 heavy (non-hydrogen) atoms. The van der Waals surface area contributed by atoms with Gasteiger partial charge in [0.05, 0.1) is 0 Å². The predicted octanol–water partition coefficient (Wildman–Crippen LogP) is 4.19. The fraction of sp³-hybridized carbons (Fsp3) is 0.250. The molecule has 3 heteroatoms. The molecule has 0 bridgehead atoms. The highest BCUT2D eigenvalue weighted by Gasteiger charge is 2.35. The first kappa shape index (κ1) is 17.8. The van der Waals surface area contributed by atoms with Crippen molar-refractivity contribution in [3.05, 3.63) is 101 Å². The van der Waals surface area contributed by atoms with Crippen molar-refractivity contribution in [2.24, 2.45) is 0 Å². The minimum atomic E-state index is -0.766. The summed E-state index contributed by atoms with van der Waals surface area (Å²) in [5.41, 5.74) is 3.87. The first-order chi connectivity index (χ1) is 13.2. The number of aliphatic hydroxyl groups is 1. The zero-order chi connectivity index (χ0) is 18.5. The summed E-state index contributed by atoms with van der Waals surface area (Å²) >= 11 is 0. The van der Waals surface area contributed by atoms with Crippen LogP contribution in [-0.4, -0.2) is 11.7 Å². The molecule has 3 aromatic carbocycles. The van der Waals surface area contributed by atoms with Gasteiger partial charge in [0.25, 0.3) is 0 Å². The molecule has 0 radical (unpaired) electrons. The molecule has 0 saturated heterocycles. The predicted molar refractivity (Wildman–Crippen MR) is 108 cm³/mol. The van der Waals surface area contributed by atoms with Crippen LogP contribution in [0.4, 0.5) is 0 Å². The van der Waals surface area contributed by atoms with E-state index in [1.54, 1.807) is 0 Å². The second-order valence-electron chi connectivity index (χ2n) is 7.21. The van der Waals surface area contributed by atoms with Crippen LogP contribution in [-0.2, 0) is 25.2 Å². The highest BCUT2D eigenvalue weighted by atomic mass is 16.5. The van der Waals surface area contributed by atoms with Gasteiger partial charge in [0.2, 0.25) is 0 Å². The van der Waals surface area contributed by atoms with E-state index in [2.05, 4.69) is 35.6 Å². The Bertz CT molecular complexity index is 894. The van der Waals surface area contributed by atoms with Crippen molar-refractivity contribution in [2.75, 3.05) is 6.54 Å². The van der Waals surface area contributed by atoms with Gasteiger partial charge in [-0.3, -0.25) is 0 Å². The summed E-state index contributed by atoms with van der Waals surface area (Å²) < 4.78 is 5.90. The maximum absolute atomic E-state index is 11.0. The zero-order valence-electron chi connectivity index (χ0n) is 15.4. The number of rotatable bonds is 7. The number of hydrogen-bond acceptors (Lipinski definition) is 3. The third-order valence-electron chi connectivity index (χ3n) is 5.22. The molecule has 138 valence electrons. The lowest BCUT2D eigenvalue weighted by Gasteiger charge is -2.24. The van der Waals surface area contributed by atoms with E-state index in [1.165, 1.54) is 5.56 Å². The molecule has 3 nitrogen and oxygen atoms in total. The van der Waals surface area contributed by atoms with Crippen molar-refractivity contribution in [3.63, 3.8) is 0 Å². The minimum absolute atomic E-state index is 0.555. The highest BCUT2D eigenvalue weighted by Crippen LogP contribution is 2.36. The van der Waals surface area contributed by atoms with Crippen LogP contribution in [0, 0.1) is 0 Å². The van der Waals surface area contributed by atoms with Gasteiger partial charge in [-0.2, -0.15) is 0 Å². The monoisotopic (exact) mass is 359 g/mol. The van der Waals surface area contributed by atoms with Crippen molar-refractivity contribution < 1.29 is 9.84 Å². The maximum atomic E-state index is 11.0. The van der Waals surface area contributed by atoms with Crippen LogP contribution in [0.2, 0.25) is 0 Å². The summed E-state index contributed by atoms with van der Waals surface area (Å²) in [5.74, 6) is 0.864. The summed E-state index contributed by atoms with van der Waals surface area (Å²) in [5, 5.41) is 14.4. The summed E-state index contributed by atoms with van der Waals surface area (Å²) in [7, 11) is 0. The lowest BCUT2D eigenvalue weighted by Crippen LogP contribution is -2.35. The van der Waals surface area contributed by atoms with E-state index in [4.69, 9.17) is 4.74 Å². The topological polar surface area (TPSA) is 41.5 Å². The van der Waals surface area contributed by atoms with Gasteiger partial charge in [-0.15, -0.1) is 0 Å². The van der Waals surface area contributed by atoms with Gasteiger partial charge in [-0.1, -0.05) is 66.7 Å². The van der Waals surface area contributed by atoms with Crippen LogP contribution in [0.25, 0.3) is 0 Å². The number of ether oxygens (including phenoxy) is 1. The van der Waals surface area contributed by atoms with E-state index in [0.717, 1.165) is 35.3 Å². The lowest BCUT2D eigenvalue weighted by atomic mass is 9.96. The zero-order valence-corrected chi connectivity index (χ0v) is 15.4. The van der Waals surface area contributed by atoms with E-state index in [1.807, 2.05) is 48.5 Å². The van der Waals surface area contributed by atoms with Gasteiger partial charge < -0.3 is 15.2 Å². The summed E-state index contributed by atoms with van der Waals surface area (Å²) in [4.78, 5) is 0. The molecule has 2 N–H and O–H groups in total. The molecule has 1 unspecified atom stereocenters. The van der Waals surface area contributed by atoms with Crippen LogP contribution in [0.5, 0.6) is 5.75 Å². The van der Waals surface area contributed by atoms with Crippen LogP contribution in [0.15, 0.2) is 78.9 Å². The van der Waals surface area contributed by atoms with Gasteiger partial charge in [-0.25, -0.2) is 0 Å². The molecule has 4 rings (SSSR count). The number of benzene rings is 3. The Morgan fingerprint density at radius 2 is 1.67 bits per heavy atom. The van der Waals surface area contributed by atoms with Crippen molar-refractivity contribution in [3.8, 4) is 5.75 Å². The highest BCUT2D eigenvalue weighted by molar-refractivity contribution is 5.37. The Morgan fingerprint density at radius 3 is 2.56 bits per heavy atom. The molecule has 0 aromatic heterocycles. The van der Waals surface area contributed by atoms with Crippen molar-refractivity contribution in [1.82, 2.24) is 5.32 Å². The molecular formula is C24H25NO2. The van der Waals surface area contributed by atoms with E-state index in [9.17, 15) is 5.11 Å². The number of fused-ring (bicyclic) bond motifs is 1. The average Bonchev–Trinajstić information content (AvgIpc) is 3.05. The summed E-state index contributed by atoms with van der Waals surface area (Å²) in [6, 6.07) is 26.5. The molecule has 0 heterocycles. The van der Waals surface area contributed by atoms with E-state index < -0.39 is 5.60 Å². The Labute approximate surface area is 160 Å². The standard InChI is InChI=1S/C24H25NO2/c26-24(14-13-21-10-4-5-12-23(21)24)18-25-16-20-9-6-11-22(15-20)27-17-19-7-2-1-3-8-19/h1-12,15,25-26H,13-14,16-18H2. The Hall–Kier alpha value is -2.62. The fourth-order valence-corrected chi connectivity index (χ4v) is 3.75. The third-order valence-corrected chi connectivity index (χ3v) is 5.22. The average molecular weight is 359 g/mol. The van der Waals surface area contributed by atoms with Crippen molar-refractivity contribution in [2.45, 2.75) is 31.6 Å². The largest absolute Gasteiger partial charge is 0.489 e. The van der Waals surface area contributed by atoms with Gasteiger partial charge in [0.15, 0.2) is 0 Å². The van der Waals surface area contributed by atoms with Gasteiger partial charge in [0, 0.05) is 13.1 Å². The SMILES string of the molecule is OC1(CNCc2cccc(OCc3ccccc3)c2)CCc2ccccc21. The molecular weight excluding hydrogens is 334 g/mol. The summed E-state index contributed by atoms with van der Waals surface area (Å²) in [6.45, 7) is 1.82. The molecule has 1 atom stereocenters. The van der Waals surface area contributed by atoms with Gasteiger partial charge in [-0.05, 0) is 47.2 Å².